The van der Waals surface area contributed by atoms with Crippen LogP contribution in [0.2, 0.25) is 0 Å². The van der Waals surface area contributed by atoms with Crippen molar-refractivity contribution in [2.45, 2.75) is 37.5 Å². The van der Waals surface area contributed by atoms with Gasteiger partial charge >= 0.3 is 0 Å². The van der Waals surface area contributed by atoms with Gasteiger partial charge in [0.1, 0.15) is 24.4 Å². The van der Waals surface area contributed by atoms with Gasteiger partial charge in [0.15, 0.2) is 6.23 Å². The highest BCUT2D eigenvalue weighted by molar-refractivity contribution is 5.78. The predicted molar refractivity (Wildman–Crippen MR) is 88.5 cm³/mol. The molecular formula is C16H20N4O5. The quantitative estimate of drug-likeness (QED) is 0.474. The second kappa shape index (κ2) is 7.28. The molecule has 1 fully saturated rings. The van der Waals surface area contributed by atoms with Crippen molar-refractivity contribution in [3.05, 3.63) is 30.6 Å². The molecule has 2 aromatic rings. The van der Waals surface area contributed by atoms with Gasteiger partial charge < -0.3 is 30.7 Å². The Morgan fingerprint density at radius 3 is 2.60 bits per heavy atom. The van der Waals surface area contributed by atoms with Gasteiger partial charge in [-0.1, -0.05) is 0 Å². The molecule has 9 nitrogen and oxygen atoms in total. The lowest BCUT2D eigenvalue weighted by Gasteiger charge is -2.43. The van der Waals surface area contributed by atoms with Crippen molar-refractivity contribution in [1.29, 1.82) is 0 Å². The Balaban J connectivity index is 1.86. The number of amides is 1. The number of carbonyl (C=O) groups excluding carboxylic acids is 1. The summed E-state index contributed by atoms with van der Waals surface area (Å²) in [6.45, 7) is 0.840. The van der Waals surface area contributed by atoms with Gasteiger partial charge in [0, 0.05) is 25.0 Å². The lowest BCUT2D eigenvalue weighted by atomic mass is 9.95. The molecule has 5 atom stereocenters. The first-order valence-corrected chi connectivity index (χ1v) is 7.86. The minimum Gasteiger partial charge on any atom is -0.394 e. The van der Waals surface area contributed by atoms with Crippen LogP contribution in [0.3, 0.4) is 0 Å². The summed E-state index contributed by atoms with van der Waals surface area (Å²) in [6.07, 6.45) is -1.28. The number of hydrogen-bond donors (Lipinski definition) is 5. The maximum absolute atomic E-state index is 11.4. The average molecular weight is 348 g/mol. The van der Waals surface area contributed by atoms with Crippen LogP contribution in [0.1, 0.15) is 6.92 Å². The van der Waals surface area contributed by atoms with Crippen LogP contribution in [0.25, 0.3) is 11.0 Å². The van der Waals surface area contributed by atoms with E-state index in [9.17, 15) is 20.1 Å². The van der Waals surface area contributed by atoms with Gasteiger partial charge in [-0.2, -0.15) is 0 Å². The summed E-state index contributed by atoms with van der Waals surface area (Å²) < 4.78 is 5.63. The lowest BCUT2D eigenvalue weighted by Crippen LogP contribution is -2.65. The van der Waals surface area contributed by atoms with E-state index < -0.39 is 37.2 Å². The zero-order valence-corrected chi connectivity index (χ0v) is 13.5. The lowest BCUT2D eigenvalue weighted by molar-refractivity contribution is -0.188. The number of nitrogens with one attached hydrogen (secondary N) is 2. The second-order valence-corrected chi connectivity index (χ2v) is 5.89. The Bertz CT molecular complexity index is 758. The molecule has 9 heteroatoms. The molecule has 1 aliphatic heterocycles. The molecule has 3 rings (SSSR count). The van der Waals surface area contributed by atoms with Crippen molar-refractivity contribution >= 4 is 22.6 Å². The number of aromatic nitrogens is 2. The fourth-order valence-corrected chi connectivity index (χ4v) is 2.85. The Kier molecular flexibility index (Phi) is 5.09. The molecule has 1 aromatic carbocycles. The first-order valence-electron chi connectivity index (χ1n) is 7.86. The standard InChI is InChI=1S/C16H20N4O5/c1-8(22)19-13-15(24)14(23)12(7-21)25-16(13)20-9-2-3-10-11(6-9)18-5-4-17-10/h2-6,12-16,20-21,23-24H,7H2,1H3,(H,19,22)/t12-,13-,14-,15-,16?/m1/s1. The second-order valence-electron chi connectivity index (χ2n) is 5.89. The Hall–Kier alpha value is -2.33. The van der Waals surface area contributed by atoms with Crippen molar-refractivity contribution < 1.29 is 24.9 Å². The summed E-state index contributed by atoms with van der Waals surface area (Å²) in [5, 5.41) is 35.3. The van der Waals surface area contributed by atoms with E-state index in [0.29, 0.717) is 11.2 Å². The number of rotatable bonds is 4. The molecule has 0 radical (unpaired) electrons. The van der Waals surface area contributed by atoms with E-state index in [1.807, 2.05) is 0 Å². The number of aliphatic hydroxyl groups excluding tert-OH is 3. The molecule has 5 N–H and O–H groups in total. The molecule has 0 saturated carbocycles. The number of aliphatic hydroxyl groups is 3. The van der Waals surface area contributed by atoms with E-state index in [2.05, 4.69) is 20.6 Å². The zero-order chi connectivity index (χ0) is 18.0. The number of hydrogen-bond acceptors (Lipinski definition) is 8. The molecule has 0 bridgehead atoms. The Morgan fingerprint density at radius 1 is 1.20 bits per heavy atom. The van der Waals surface area contributed by atoms with Gasteiger partial charge in [-0.3, -0.25) is 14.8 Å². The minimum absolute atomic E-state index is 0.376. The van der Waals surface area contributed by atoms with Gasteiger partial charge in [0.25, 0.3) is 0 Å². The van der Waals surface area contributed by atoms with E-state index in [-0.39, 0.29) is 5.91 Å². The molecule has 1 saturated heterocycles. The number of anilines is 1. The van der Waals surface area contributed by atoms with Crippen LogP contribution in [-0.2, 0) is 9.53 Å². The highest BCUT2D eigenvalue weighted by Gasteiger charge is 2.44. The van der Waals surface area contributed by atoms with Gasteiger partial charge in [-0.05, 0) is 18.2 Å². The first kappa shape index (κ1) is 17.5. The molecule has 0 aliphatic carbocycles. The predicted octanol–water partition coefficient (Wildman–Crippen LogP) is -1.01. The highest BCUT2D eigenvalue weighted by Crippen LogP contribution is 2.24. The fraction of sp³-hybridized carbons (Fsp3) is 0.438. The van der Waals surface area contributed by atoms with Gasteiger partial charge in [-0.25, -0.2) is 0 Å². The number of carbonyl (C=O) groups is 1. The van der Waals surface area contributed by atoms with Crippen LogP contribution in [0.4, 0.5) is 5.69 Å². The third kappa shape index (κ3) is 3.69. The molecule has 134 valence electrons. The maximum Gasteiger partial charge on any atom is 0.217 e. The molecule has 1 unspecified atom stereocenters. The van der Waals surface area contributed by atoms with Crippen LogP contribution < -0.4 is 10.6 Å². The normalized spacial score (nSPS) is 29.4. The first-order chi connectivity index (χ1) is 12.0. The summed E-state index contributed by atoms with van der Waals surface area (Å²) >= 11 is 0. The van der Waals surface area contributed by atoms with E-state index >= 15 is 0 Å². The summed E-state index contributed by atoms with van der Waals surface area (Å²) in [4.78, 5) is 19.8. The topological polar surface area (TPSA) is 137 Å². The van der Waals surface area contributed by atoms with Crippen molar-refractivity contribution in [3.8, 4) is 0 Å². The number of benzene rings is 1. The van der Waals surface area contributed by atoms with Crippen LogP contribution in [0.15, 0.2) is 30.6 Å². The summed E-state index contributed by atoms with van der Waals surface area (Å²) in [6, 6.07) is 4.39. The van der Waals surface area contributed by atoms with Crippen molar-refractivity contribution in [3.63, 3.8) is 0 Å². The Labute approximate surface area is 143 Å². The summed E-state index contributed by atoms with van der Waals surface area (Å²) in [7, 11) is 0. The van der Waals surface area contributed by atoms with E-state index in [1.54, 1.807) is 30.6 Å². The van der Waals surface area contributed by atoms with E-state index in [1.165, 1.54) is 6.92 Å². The van der Waals surface area contributed by atoms with Crippen LogP contribution in [-0.4, -0.2) is 68.4 Å². The van der Waals surface area contributed by atoms with Crippen molar-refractivity contribution in [1.82, 2.24) is 15.3 Å². The van der Waals surface area contributed by atoms with Gasteiger partial charge in [0.05, 0.1) is 17.6 Å². The largest absolute Gasteiger partial charge is 0.394 e. The molecule has 25 heavy (non-hydrogen) atoms. The van der Waals surface area contributed by atoms with Gasteiger partial charge in [0.2, 0.25) is 5.91 Å². The van der Waals surface area contributed by atoms with Crippen LogP contribution >= 0.6 is 0 Å². The molecule has 0 spiro atoms. The van der Waals surface area contributed by atoms with E-state index in [4.69, 9.17) is 4.74 Å². The molecule has 1 aliphatic rings. The third-order valence-electron chi connectivity index (χ3n) is 4.07. The smallest absolute Gasteiger partial charge is 0.217 e. The average Bonchev–Trinajstić information content (AvgIpc) is 2.61. The number of fused-ring (bicyclic) bond motifs is 1. The fourth-order valence-electron chi connectivity index (χ4n) is 2.85. The SMILES string of the molecule is CC(=O)N[C@H]1C(Nc2ccc3nccnc3c2)O[C@H](CO)[C@@H](O)[C@@H]1O. The molecule has 1 aromatic heterocycles. The molecule has 1 amide bonds. The number of nitrogens with zero attached hydrogens (tertiary/aromatic N) is 2. The van der Waals surface area contributed by atoms with Crippen LogP contribution in [0, 0.1) is 0 Å². The summed E-state index contributed by atoms with van der Waals surface area (Å²) in [5.74, 6) is -0.376. The van der Waals surface area contributed by atoms with Crippen LogP contribution in [0.5, 0.6) is 0 Å². The van der Waals surface area contributed by atoms with Crippen molar-refractivity contribution in [2.75, 3.05) is 11.9 Å². The maximum atomic E-state index is 11.4. The van der Waals surface area contributed by atoms with E-state index in [0.717, 1.165) is 5.52 Å². The minimum atomic E-state index is -1.32. The monoisotopic (exact) mass is 348 g/mol. The Morgan fingerprint density at radius 2 is 1.92 bits per heavy atom. The van der Waals surface area contributed by atoms with Gasteiger partial charge in [-0.15, -0.1) is 0 Å². The molecule has 2 heterocycles. The highest BCUT2D eigenvalue weighted by atomic mass is 16.5. The third-order valence-corrected chi connectivity index (χ3v) is 4.07. The van der Waals surface area contributed by atoms with Crippen molar-refractivity contribution in [2.24, 2.45) is 0 Å². The zero-order valence-electron chi connectivity index (χ0n) is 13.5. The number of ether oxygens (including phenoxy) is 1. The molecular weight excluding hydrogens is 328 g/mol. The summed E-state index contributed by atoms with van der Waals surface area (Å²) in [5.41, 5.74) is 2.02.